The molecular formula is C27H40O6. The Labute approximate surface area is 197 Å². The van der Waals surface area contributed by atoms with Crippen LogP contribution in [-0.4, -0.2) is 44.6 Å². The molecule has 2 rings (SSSR count). The molecule has 0 heterocycles. The summed E-state index contributed by atoms with van der Waals surface area (Å²) in [4.78, 5) is 21.1. The molecule has 184 valence electrons. The second kappa shape index (κ2) is 16.0. The molecule has 0 aliphatic carbocycles. The average molecular weight is 461 g/mol. The molecule has 0 aromatic heterocycles. The van der Waals surface area contributed by atoms with Crippen molar-refractivity contribution in [1.82, 2.24) is 0 Å². The Bertz CT molecular complexity index is 736. The number of aliphatic hydroxyl groups excluding tert-OH is 2. The summed E-state index contributed by atoms with van der Waals surface area (Å²) in [5.41, 5.74) is 3.10. The highest BCUT2D eigenvalue weighted by molar-refractivity contribution is 5.87. The van der Waals surface area contributed by atoms with Crippen molar-refractivity contribution in [2.75, 3.05) is 0 Å². The van der Waals surface area contributed by atoms with Gasteiger partial charge in [-0.2, -0.15) is 0 Å². The van der Waals surface area contributed by atoms with E-state index in [1.807, 2.05) is 24.3 Å². The fourth-order valence-corrected chi connectivity index (χ4v) is 3.00. The third kappa shape index (κ3) is 15.7. The Balaban J connectivity index is 0.000000490. The molecule has 4 N–H and O–H groups in total. The van der Waals surface area contributed by atoms with E-state index in [-0.39, 0.29) is 12.2 Å². The second-order valence-electron chi connectivity index (χ2n) is 9.13. The molecule has 0 aliphatic heterocycles. The Kier molecular flexibility index (Phi) is 14.7. The Morgan fingerprint density at radius 2 is 0.879 bits per heavy atom. The molecule has 6 heteroatoms. The van der Waals surface area contributed by atoms with E-state index in [2.05, 4.69) is 27.7 Å². The molecule has 0 fully saturated rings. The lowest BCUT2D eigenvalue weighted by atomic mass is 10.0. The number of carbonyl (C=O) groups is 2. The number of aliphatic hydroxyl groups is 2. The van der Waals surface area contributed by atoms with E-state index in [0.29, 0.717) is 29.4 Å². The van der Waals surface area contributed by atoms with Crippen LogP contribution in [0.25, 0.3) is 0 Å². The SMILES string of the molecule is CC(C)Cc1ccc(C(=O)O)cc1.CC(C)Cc1ccc(C(=O)O)cc1.CC(O)CC(C)O. The summed E-state index contributed by atoms with van der Waals surface area (Å²) in [6.07, 6.45) is 1.72. The van der Waals surface area contributed by atoms with Gasteiger partial charge in [-0.05, 0) is 80.3 Å². The molecule has 2 aromatic carbocycles. The van der Waals surface area contributed by atoms with Gasteiger partial charge in [0, 0.05) is 0 Å². The van der Waals surface area contributed by atoms with E-state index < -0.39 is 11.9 Å². The maximum atomic E-state index is 10.5. The van der Waals surface area contributed by atoms with E-state index in [1.165, 1.54) is 11.1 Å². The zero-order chi connectivity index (χ0) is 25.6. The Hall–Kier alpha value is -2.70. The lowest BCUT2D eigenvalue weighted by Crippen LogP contribution is -2.10. The normalized spacial score (nSPS) is 12.2. The Morgan fingerprint density at radius 3 is 1.03 bits per heavy atom. The third-order valence-corrected chi connectivity index (χ3v) is 4.37. The van der Waals surface area contributed by atoms with Crippen LogP contribution in [0.3, 0.4) is 0 Å². The fourth-order valence-electron chi connectivity index (χ4n) is 3.00. The first kappa shape index (κ1) is 30.3. The van der Waals surface area contributed by atoms with E-state index in [9.17, 15) is 9.59 Å². The lowest BCUT2D eigenvalue weighted by Gasteiger charge is -2.04. The molecule has 0 saturated heterocycles. The minimum Gasteiger partial charge on any atom is -0.478 e. The highest BCUT2D eigenvalue weighted by atomic mass is 16.4. The van der Waals surface area contributed by atoms with Crippen LogP contribution >= 0.6 is 0 Å². The highest BCUT2D eigenvalue weighted by Crippen LogP contribution is 2.10. The van der Waals surface area contributed by atoms with Gasteiger partial charge < -0.3 is 20.4 Å². The number of carboxylic acid groups (broad SMARTS) is 2. The van der Waals surface area contributed by atoms with E-state index in [0.717, 1.165) is 12.8 Å². The van der Waals surface area contributed by atoms with Gasteiger partial charge in [0.25, 0.3) is 0 Å². The Morgan fingerprint density at radius 1 is 0.606 bits per heavy atom. The van der Waals surface area contributed by atoms with Gasteiger partial charge in [-0.1, -0.05) is 52.0 Å². The summed E-state index contributed by atoms with van der Waals surface area (Å²) in [7, 11) is 0. The van der Waals surface area contributed by atoms with Gasteiger partial charge >= 0.3 is 11.9 Å². The van der Waals surface area contributed by atoms with Crippen LogP contribution in [0.1, 0.15) is 79.8 Å². The third-order valence-electron chi connectivity index (χ3n) is 4.37. The van der Waals surface area contributed by atoms with E-state index in [4.69, 9.17) is 20.4 Å². The van der Waals surface area contributed by atoms with Gasteiger partial charge in [-0.25, -0.2) is 9.59 Å². The summed E-state index contributed by atoms with van der Waals surface area (Å²) in [5.74, 6) is -0.515. The van der Waals surface area contributed by atoms with Crippen molar-refractivity contribution in [3.8, 4) is 0 Å². The summed E-state index contributed by atoms with van der Waals surface area (Å²) in [6, 6.07) is 14.1. The molecule has 6 nitrogen and oxygen atoms in total. The van der Waals surface area contributed by atoms with Crippen molar-refractivity contribution in [2.45, 2.75) is 73.0 Å². The molecule has 0 radical (unpaired) electrons. The second-order valence-corrected chi connectivity index (χ2v) is 9.13. The molecule has 33 heavy (non-hydrogen) atoms. The van der Waals surface area contributed by atoms with Gasteiger partial charge in [0.15, 0.2) is 0 Å². The summed E-state index contributed by atoms with van der Waals surface area (Å²) in [5, 5.41) is 34.4. The van der Waals surface area contributed by atoms with Crippen molar-refractivity contribution in [3.63, 3.8) is 0 Å². The van der Waals surface area contributed by atoms with Gasteiger partial charge in [-0.15, -0.1) is 0 Å². The van der Waals surface area contributed by atoms with Crippen molar-refractivity contribution in [1.29, 1.82) is 0 Å². The molecule has 0 aliphatic rings. The van der Waals surface area contributed by atoms with E-state index in [1.54, 1.807) is 38.1 Å². The van der Waals surface area contributed by atoms with Crippen molar-refractivity contribution >= 4 is 11.9 Å². The van der Waals surface area contributed by atoms with Crippen molar-refractivity contribution in [2.24, 2.45) is 11.8 Å². The zero-order valence-corrected chi connectivity index (χ0v) is 20.7. The first-order valence-corrected chi connectivity index (χ1v) is 11.3. The highest BCUT2D eigenvalue weighted by Gasteiger charge is 2.03. The first-order valence-electron chi connectivity index (χ1n) is 11.3. The zero-order valence-electron chi connectivity index (χ0n) is 20.7. The van der Waals surface area contributed by atoms with Crippen LogP contribution in [0, 0.1) is 11.8 Å². The lowest BCUT2D eigenvalue weighted by molar-refractivity contribution is 0.0686. The van der Waals surface area contributed by atoms with Gasteiger partial charge in [0.2, 0.25) is 0 Å². The van der Waals surface area contributed by atoms with Gasteiger partial charge in [-0.3, -0.25) is 0 Å². The molecule has 0 spiro atoms. The molecule has 0 amide bonds. The van der Waals surface area contributed by atoms with Gasteiger partial charge in [0.1, 0.15) is 0 Å². The van der Waals surface area contributed by atoms with Crippen LogP contribution in [-0.2, 0) is 12.8 Å². The average Bonchev–Trinajstić information content (AvgIpc) is 2.68. The van der Waals surface area contributed by atoms with Crippen LogP contribution < -0.4 is 0 Å². The predicted molar refractivity (Wildman–Crippen MR) is 132 cm³/mol. The number of hydrogen-bond donors (Lipinski definition) is 4. The fraction of sp³-hybridized carbons (Fsp3) is 0.481. The van der Waals surface area contributed by atoms with E-state index >= 15 is 0 Å². The molecule has 0 bridgehead atoms. The molecule has 2 atom stereocenters. The van der Waals surface area contributed by atoms with Crippen LogP contribution in [0.5, 0.6) is 0 Å². The number of rotatable bonds is 8. The van der Waals surface area contributed by atoms with Crippen molar-refractivity contribution < 1.29 is 30.0 Å². The maximum absolute atomic E-state index is 10.5. The summed E-state index contributed by atoms with van der Waals surface area (Å²) < 4.78 is 0. The topological polar surface area (TPSA) is 115 Å². The maximum Gasteiger partial charge on any atom is 0.335 e. The number of hydrogen-bond acceptors (Lipinski definition) is 4. The summed E-state index contributed by atoms with van der Waals surface area (Å²) in [6.45, 7) is 11.9. The number of benzene rings is 2. The summed E-state index contributed by atoms with van der Waals surface area (Å²) >= 11 is 0. The predicted octanol–water partition coefficient (Wildman–Crippen LogP) is 5.30. The van der Waals surface area contributed by atoms with Gasteiger partial charge in [0.05, 0.1) is 23.3 Å². The number of aromatic carboxylic acids is 2. The largest absolute Gasteiger partial charge is 0.478 e. The first-order chi connectivity index (χ1) is 15.3. The quantitative estimate of drug-likeness (QED) is 0.425. The van der Waals surface area contributed by atoms with Crippen LogP contribution in [0.2, 0.25) is 0 Å². The minimum atomic E-state index is -0.865. The molecular weight excluding hydrogens is 420 g/mol. The monoisotopic (exact) mass is 460 g/mol. The van der Waals surface area contributed by atoms with Crippen LogP contribution in [0.15, 0.2) is 48.5 Å². The minimum absolute atomic E-state index is 0.354. The number of carboxylic acids is 2. The molecule has 2 aromatic rings. The standard InChI is InChI=1S/2C11H14O2.C5H12O2/c2*1-8(2)7-9-3-5-10(6-4-9)11(12)13;1-4(6)3-5(2)7/h2*3-6,8H,7H2,1-2H3,(H,12,13);4-7H,3H2,1-2H3. The van der Waals surface area contributed by atoms with Crippen molar-refractivity contribution in [3.05, 3.63) is 70.8 Å². The van der Waals surface area contributed by atoms with Crippen LogP contribution in [0.4, 0.5) is 0 Å². The molecule has 0 saturated carbocycles. The smallest absolute Gasteiger partial charge is 0.335 e. The molecule has 2 unspecified atom stereocenters.